The van der Waals surface area contributed by atoms with Crippen LogP contribution in [-0.4, -0.2) is 18.0 Å². The van der Waals surface area contributed by atoms with Crippen LogP contribution in [0, 0.1) is 22.2 Å². The van der Waals surface area contributed by atoms with Crippen molar-refractivity contribution in [3.05, 3.63) is 47.5 Å². The number of carbonyl (C=O) groups excluding carboxylic acids is 1. The highest BCUT2D eigenvalue weighted by molar-refractivity contribution is 6.04. The van der Waals surface area contributed by atoms with E-state index in [1.165, 1.54) is 5.56 Å². The Labute approximate surface area is 138 Å². The average molecular weight is 309 g/mol. The van der Waals surface area contributed by atoms with Crippen LogP contribution in [0.15, 0.2) is 42.0 Å². The van der Waals surface area contributed by atoms with E-state index < -0.39 is 5.41 Å². The summed E-state index contributed by atoms with van der Waals surface area (Å²) in [7, 11) is 0. The highest BCUT2D eigenvalue weighted by Gasteiger charge is 2.54. The Morgan fingerprint density at radius 3 is 2.61 bits per heavy atom. The van der Waals surface area contributed by atoms with Crippen molar-refractivity contribution in [3.8, 4) is 6.07 Å². The molecule has 3 unspecified atom stereocenters. The maximum Gasteiger partial charge on any atom is 0.181 e. The number of fused-ring (bicyclic) bond motifs is 1. The molecule has 1 heterocycles. The van der Waals surface area contributed by atoms with Crippen molar-refractivity contribution in [2.45, 2.75) is 52.2 Å². The van der Waals surface area contributed by atoms with E-state index in [2.05, 4.69) is 25.1 Å². The predicted molar refractivity (Wildman–Crippen MR) is 88.6 cm³/mol. The minimum atomic E-state index is -0.663. The number of ether oxygens (including phenoxy) is 1. The molecule has 0 amide bonds. The van der Waals surface area contributed by atoms with Crippen LogP contribution < -0.4 is 0 Å². The SMILES string of the molecule is CC12C=C(C#N)C(=O)C(C)(C)C1OC(Cc1ccccc1)CC2. The molecule has 0 N–H and O–H groups in total. The molecule has 1 saturated heterocycles. The first-order valence-electron chi connectivity index (χ1n) is 8.24. The molecule has 2 aliphatic rings. The zero-order valence-electron chi connectivity index (χ0n) is 14.0. The Bertz CT molecular complexity index is 683. The zero-order chi connectivity index (χ0) is 16.7. The number of hydrogen-bond donors (Lipinski definition) is 0. The number of rotatable bonds is 2. The smallest absolute Gasteiger partial charge is 0.181 e. The van der Waals surface area contributed by atoms with Gasteiger partial charge in [0.25, 0.3) is 0 Å². The van der Waals surface area contributed by atoms with Crippen LogP contribution in [0.1, 0.15) is 39.2 Å². The highest BCUT2D eigenvalue weighted by Crippen LogP contribution is 2.50. The largest absolute Gasteiger partial charge is 0.373 e. The monoisotopic (exact) mass is 309 g/mol. The molecular weight excluding hydrogens is 286 g/mol. The molecule has 3 heteroatoms. The summed E-state index contributed by atoms with van der Waals surface area (Å²) in [4.78, 5) is 12.6. The van der Waals surface area contributed by atoms with Gasteiger partial charge in [-0.05, 0) is 38.7 Å². The van der Waals surface area contributed by atoms with Crippen LogP contribution in [0.5, 0.6) is 0 Å². The first-order chi connectivity index (χ1) is 10.9. The summed E-state index contributed by atoms with van der Waals surface area (Å²) in [6, 6.07) is 12.4. The number of nitrogens with zero attached hydrogens (tertiary/aromatic N) is 1. The van der Waals surface area contributed by atoms with Gasteiger partial charge in [0.2, 0.25) is 0 Å². The first-order valence-corrected chi connectivity index (χ1v) is 8.24. The molecular formula is C20H23NO2. The molecule has 1 aromatic carbocycles. The second kappa shape index (κ2) is 5.62. The van der Waals surface area contributed by atoms with Gasteiger partial charge < -0.3 is 4.74 Å². The Morgan fingerprint density at radius 2 is 1.96 bits per heavy atom. The van der Waals surface area contributed by atoms with E-state index in [4.69, 9.17) is 4.74 Å². The van der Waals surface area contributed by atoms with Crippen molar-refractivity contribution in [2.75, 3.05) is 0 Å². The van der Waals surface area contributed by atoms with E-state index in [-0.39, 0.29) is 23.4 Å². The third kappa shape index (κ3) is 2.72. The van der Waals surface area contributed by atoms with Crippen LogP contribution in [0.3, 0.4) is 0 Å². The molecule has 1 aliphatic carbocycles. The van der Waals surface area contributed by atoms with Crippen molar-refractivity contribution >= 4 is 5.78 Å². The van der Waals surface area contributed by atoms with Crippen molar-refractivity contribution in [1.82, 2.24) is 0 Å². The van der Waals surface area contributed by atoms with Crippen LogP contribution >= 0.6 is 0 Å². The van der Waals surface area contributed by atoms with E-state index >= 15 is 0 Å². The summed E-state index contributed by atoms with van der Waals surface area (Å²) in [5, 5.41) is 9.27. The maximum atomic E-state index is 12.6. The van der Waals surface area contributed by atoms with Gasteiger partial charge >= 0.3 is 0 Å². The van der Waals surface area contributed by atoms with Gasteiger partial charge in [-0.3, -0.25) is 4.79 Å². The summed E-state index contributed by atoms with van der Waals surface area (Å²) in [6.45, 7) is 5.93. The molecule has 0 bridgehead atoms. The molecule has 0 radical (unpaired) electrons. The lowest BCUT2D eigenvalue weighted by Gasteiger charge is -2.51. The number of hydrogen-bond acceptors (Lipinski definition) is 3. The van der Waals surface area contributed by atoms with Crippen LogP contribution in [-0.2, 0) is 16.0 Å². The molecule has 0 spiro atoms. The van der Waals surface area contributed by atoms with Crippen LogP contribution in [0.2, 0.25) is 0 Å². The Hall–Kier alpha value is -1.92. The Morgan fingerprint density at radius 1 is 1.26 bits per heavy atom. The number of allylic oxidation sites excluding steroid dienone is 1. The van der Waals surface area contributed by atoms with Gasteiger partial charge in [0.15, 0.2) is 5.78 Å². The van der Waals surface area contributed by atoms with Gasteiger partial charge in [-0.25, -0.2) is 0 Å². The fourth-order valence-electron chi connectivity index (χ4n) is 4.13. The number of carbonyl (C=O) groups is 1. The van der Waals surface area contributed by atoms with Gasteiger partial charge in [0, 0.05) is 5.41 Å². The van der Waals surface area contributed by atoms with Crippen molar-refractivity contribution < 1.29 is 9.53 Å². The van der Waals surface area contributed by atoms with E-state index in [1.807, 2.05) is 38.1 Å². The van der Waals surface area contributed by atoms with Crippen molar-refractivity contribution in [2.24, 2.45) is 10.8 Å². The number of nitriles is 1. The summed E-state index contributed by atoms with van der Waals surface area (Å²) >= 11 is 0. The summed E-state index contributed by atoms with van der Waals surface area (Å²) in [5.41, 5.74) is 0.646. The number of Topliss-reactive ketones (excluding diaryl/α,β-unsaturated/α-hetero) is 1. The van der Waals surface area contributed by atoms with Crippen LogP contribution in [0.25, 0.3) is 0 Å². The van der Waals surface area contributed by atoms with E-state index in [0.717, 1.165) is 19.3 Å². The zero-order valence-corrected chi connectivity index (χ0v) is 14.0. The molecule has 120 valence electrons. The topological polar surface area (TPSA) is 50.1 Å². The van der Waals surface area contributed by atoms with E-state index in [1.54, 1.807) is 0 Å². The fraction of sp³-hybridized carbons (Fsp3) is 0.500. The Balaban J connectivity index is 1.86. The van der Waals surface area contributed by atoms with Gasteiger partial charge in [-0.15, -0.1) is 0 Å². The minimum absolute atomic E-state index is 0.0946. The summed E-state index contributed by atoms with van der Waals surface area (Å²) in [5.74, 6) is -0.0946. The van der Waals surface area contributed by atoms with Crippen molar-refractivity contribution in [3.63, 3.8) is 0 Å². The summed E-state index contributed by atoms with van der Waals surface area (Å²) < 4.78 is 6.40. The third-order valence-electron chi connectivity index (χ3n) is 5.32. The van der Waals surface area contributed by atoms with E-state index in [9.17, 15) is 10.1 Å². The molecule has 1 fully saturated rings. The molecule has 1 aliphatic heterocycles. The molecule has 1 aromatic rings. The molecule has 0 aromatic heterocycles. The normalized spacial score (nSPS) is 32.6. The summed E-state index contributed by atoms with van der Waals surface area (Å²) in [6.07, 6.45) is 4.55. The maximum absolute atomic E-state index is 12.6. The molecule has 0 saturated carbocycles. The van der Waals surface area contributed by atoms with Crippen molar-refractivity contribution in [1.29, 1.82) is 5.26 Å². The number of ketones is 1. The minimum Gasteiger partial charge on any atom is -0.373 e. The second-order valence-corrected chi connectivity index (χ2v) is 7.59. The molecule has 23 heavy (non-hydrogen) atoms. The third-order valence-corrected chi connectivity index (χ3v) is 5.32. The average Bonchev–Trinajstić information content (AvgIpc) is 2.54. The lowest BCUT2D eigenvalue weighted by atomic mass is 9.60. The van der Waals surface area contributed by atoms with Crippen LogP contribution in [0.4, 0.5) is 0 Å². The van der Waals surface area contributed by atoms with Gasteiger partial charge in [-0.1, -0.05) is 43.3 Å². The number of benzene rings is 1. The van der Waals surface area contributed by atoms with Gasteiger partial charge in [0.05, 0.1) is 23.2 Å². The van der Waals surface area contributed by atoms with E-state index in [0.29, 0.717) is 5.57 Å². The lowest BCUT2D eigenvalue weighted by molar-refractivity contribution is -0.170. The lowest BCUT2D eigenvalue weighted by Crippen LogP contribution is -2.56. The highest BCUT2D eigenvalue weighted by atomic mass is 16.5. The van der Waals surface area contributed by atoms with Gasteiger partial charge in [0.1, 0.15) is 6.07 Å². The standard InChI is InChI=1S/C20H23NO2/c1-19(2)17(22)15(13-21)12-20(3)10-9-16(23-18(19)20)11-14-7-5-4-6-8-14/h4-8,12,16,18H,9-11H2,1-3H3. The first kappa shape index (κ1) is 16.0. The van der Waals surface area contributed by atoms with Gasteiger partial charge in [-0.2, -0.15) is 5.26 Å². The predicted octanol–water partition coefficient (Wildman–Crippen LogP) is 3.84. The quantitative estimate of drug-likeness (QED) is 0.834. The molecule has 3 atom stereocenters. The fourth-order valence-corrected chi connectivity index (χ4v) is 4.13. The molecule has 3 nitrogen and oxygen atoms in total. The second-order valence-electron chi connectivity index (χ2n) is 7.59. The Kier molecular flexibility index (Phi) is 3.90. The molecule has 3 rings (SSSR count).